The normalized spacial score (nSPS) is 10.3. The number of carbonyl (C=O) groups is 1. The Morgan fingerprint density at radius 3 is 2.28 bits per heavy atom. The molecule has 0 amide bonds. The van der Waals surface area contributed by atoms with Crippen molar-refractivity contribution in [3.8, 4) is 0 Å². The molecule has 0 spiro atoms. The summed E-state index contributed by atoms with van der Waals surface area (Å²) >= 11 is 13.0. The molecule has 0 aliphatic heterocycles. The van der Waals surface area contributed by atoms with Crippen LogP contribution in [0.1, 0.15) is 10.5 Å². The minimum absolute atomic E-state index is 0.0940. The van der Waals surface area contributed by atoms with Crippen LogP contribution in [-0.2, 0) is 0 Å². The molecule has 1 aromatic carbocycles. The first-order valence-corrected chi connectivity index (χ1v) is 6.33. The number of hydrogen-bond acceptors (Lipinski definition) is 4. The second-order valence-corrected chi connectivity index (χ2v) is 5.24. The number of carboxylic acids is 1. The number of carboxylic acid groups (broad SMARTS) is 1. The monoisotopic (exact) mass is 300 g/mol. The van der Waals surface area contributed by atoms with Crippen LogP contribution in [0.4, 0.5) is 0 Å². The fourth-order valence-electron chi connectivity index (χ4n) is 1.20. The Morgan fingerprint density at radius 1 is 1.11 bits per heavy atom. The molecule has 4 nitrogen and oxygen atoms in total. The average Bonchev–Trinajstić information content (AvgIpc) is 2.28. The number of halogens is 2. The Hall–Kier alpha value is -1.30. The van der Waals surface area contributed by atoms with Gasteiger partial charge in [-0.05, 0) is 30.3 Å². The van der Waals surface area contributed by atoms with Gasteiger partial charge >= 0.3 is 5.97 Å². The second kappa shape index (κ2) is 5.56. The van der Waals surface area contributed by atoms with Crippen molar-refractivity contribution in [3.63, 3.8) is 0 Å². The quantitative estimate of drug-likeness (QED) is 0.937. The van der Waals surface area contributed by atoms with Gasteiger partial charge in [-0.1, -0.05) is 35.0 Å². The van der Waals surface area contributed by atoms with Crippen LogP contribution < -0.4 is 0 Å². The summed E-state index contributed by atoms with van der Waals surface area (Å²) in [6.45, 7) is 0. The van der Waals surface area contributed by atoms with Crippen molar-refractivity contribution in [3.05, 3.63) is 46.1 Å². The maximum Gasteiger partial charge on any atom is 0.356 e. The van der Waals surface area contributed by atoms with Gasteiger partial charge in [0.2, 0.25) is 0 Å². The Morgan fingerprint density at radius 2 is 1.78 bits per heavy atom. The molecule has 92 valence electrons. The molecule has 0 fully saturated rings. The standard InChI is InChI=1S/C11H6Cl2N2O2S/c12-6-3-7(13)5-8(4-6)18-10-2-1-9(11(16)17)14-15-10/h1-5H,(H,16,17). The lowest BCUT2D eigenvalue weighted by molar-refractivity contribution is 0.0689. The number of rotatable bonds is 3. The molecule has 1 heterocycles. The molecule has 1 N–H and O–H groups in total. The highest BCUT2D eigenvalue weighted by molar-refractivity contribution is 7.99. The van der Waals surface area contributed by atoms with Crippen molar-refractivity contribution in [1.29, 1.82) is 0 Å². The van der Waals surface area contributed by atoms with Gasteiger partial charge in [0.05, 0.1) is 0 Å². The molecule has 0 aliphatic carbocycles. The van der Waals surface area contributed by atoms with E-state index < -0.39 is 5.97 Å². The van der Waals surface area contributed by atoms with E-state index in [4.69, 9.17) is 28.3 Å². The molecule has 0 atom stereocenters. The highest BCUT2D eigenvalue weighted by Crippen LogP contribution is 2.30. The maximum absolute atomic E-state index is 10.6. The van der Waals surface area contributed by atoms with Crippen LogP contribution in [0.25, 0.3) is 0 Å². The van der Waals surface area contributed by atoms with Gasteiger partial charge in [-0.2, -0.15) is 0 Å². The van der Waals surface area contributed by atoms with E-state index in [1.54, 1.807) is 24.3 Å². The van der Waals surface area contributed by atoms with Crippen LogP contribution in [0, 0.1) is 0 Å². The molecule has 7 heteroatoms. The third kappa shape index (κ3) is 3.35. The number of aromatic nitrogens is 2. The van der Waals surface area contributed by atoms with Gasteiger partial charge in [0.25, 0.3) is 0 Å². The lowest BCUT2D eigenvalue weighted by atomic mass is 10.4. The van der Waals surface area contributed by atoms with Gasteiger partial charge in [-0.25, -0.2) is 4.79 Å². The zero-order chi connectivity index (χ0) is 13.1. The summed E-state index contributed by atoms with van der Waals surface area (Å²) in [5.74, 6) is -1.11. The summed E-state index contributed by atoms with van der Waals surface area (Å²) in [4.78, 5) is 11.4. The number of hydrogen-bond donors (Lipinski definition) is 1. The molecule has 1 aromatic heterocycles. The van der Waals surface area contributed by atoms with Crippen molar-refractivity contribution in [2.24, 2.45) is 0 Å². The van der Waals surface area contributed by atoms with Crippen LogP contribution >= 0.6 is 35.0 Å². The van der Waals surface area contributed by atoms with E-state index in [9.17, 15) is 4.79 Å². The zero-order valence-corrected chi connectivity index (χ0v) is 11.1. The van der Waals surface area contributed by atoms with Crippen LogP contribution in [0.5, 0.6) is 0 Å². The van der Waals surface area contributed by atoms with Gasteiger partial charge < -0.3 is 5.11 Å². The first-order chi connectivity index (χ1) is 8.54. The fourth-order valence-corrected chi connectivity index (χ4v) is 2.68. The van der Waals surface area contributed by atoms with Crippen molar-refractivity contribution in [2.75, 3.05) is 0 Å². The van der Waals surface area contributed by atoms with Gasteiger partial charge in [0, 0.05) is 14.9 Å². The summed E-state index contributed by atoms with van der Waals surface area (Å²) in [5, 5.41) is 17.7. The molecule has 0 radical (unpaired) electrons. The van der Waals surface area contributed by atoms with Crippen LogP contribution in [0.2, 0.25) is 10.0 Å². The second-order valence-electron chi connectivity index (χ2n) is 3.27. The van der Waals surface area contributed by atoms with E-state index in [-0.39, 0.29) is 5.69 Å². The largest absolute Gasteiger partial charge is 0.476 e. The SMILES string of the molecule is O=C(O)c1ccc(Sc2cc(Cl)cc(Cl)c2)nn1. The highest BCUT2D eigenvalue weighted by atomic mass is 35.5. The Labute approximate surface area is 117 Å². The van der Waals surface area contributed by atoms with Crippen molar-refractivity contribution >= 4 is 40.9 Å². The number of nitrogens with zero attached hydrogens (tertiary/aromatic N) is 2. The van der Waals surface area contributed by atoms with Crippen LogP contribution in [0.3, 0.4) is 0 Å². The molecular formula is C11H6Cl2N2O2S. The first-order valence-electron chi connectivity index (χ1n) is 4.75. The molecule has 0 saturated carbocycles. The van der Waals surface area contributed by atoms with Gasteiger partial charge in [-0.3, -0.25) is 0 Å². The molecular weight excluding hydrogens is 295 g/mol. The molecule has 0 saturated heterocycles. The third-order valence-electron chi connectivity index (χ3n) is 1.92. The lowest BCUT2D eigenvalue weighted by Crippen LogP contribution is -2.01. The average molecular weight is 301 g/mol. The van der Waals surface area contributed by atoms with E-state index in [0.717, 1.165) is 4.90 Å². The first kappa shape index (κ1) is 13.1. The van der Waals surface area contributed by atoms with Crippen molar-refractivity contribution in [2.45, 2.75) is 9.92 Å². The predicted octanol–water partition coefficient (Wildman–Crippen LogP) is 3.63. The van der Waals surface area contributed by atoms with Gasteiger partial charge in [0.15, 0.2) is 5.69 Å². The summed E-state index contributed by atoms with van der Waals surface area (Å²) in [7, 11) is 0. The van der Waals surface area contributed by atoms with Gasteiger partial charge in [0.1, 0.15) is 5.03 Å². The van der Waals surface area contributed by atoms with Crippen LogP contribution in [-0.4, -0.2) is 21.3 Å². The molecule has 18 heavy (non-hydrogen) atoms. The molecule has 2 rings (SSSR count). The highest BCUT2D eigenvalue weighted by Gasteiger charge is 2.07. The molecule has 0 bridgehead atoms. The minimum Gasteiger partial charge on any atom is -0.476 e. The van der Waals surface area contributed by atoms with Crippen LogP contribution in [0.15, 0.2) is 40.3 Å². The van der Waals surface area contributed by atoms with Crippen molar-refractivity contribution in [1.82, 2.24) is 10.2 Å². The maximum atomic E-state index is 10.6. The third-order valence-corrected chi connectivity index (χ3v) is 3.25. The van der Waals surface area contributed by atoms with E-state index in [1.807, 2.05) is 0 Å². The van der Waals surface area contributed by atoms with E-state index in [2.05, 4.69) is 10.2 Å². The van der Waals surface area contributed by atoms with E-state index in [0.29, 0.717) is 15.1 Å². The summed E-state index contributed by atoms with van der Waals surface area (Å²) in [6, 6.07) is 8.09. The zero-order valence-electron chi connectivity index (χ0n) is 8.80. The Kier molecular flexibility index (Phi) is 4.06. The minimum atomic E-state index is -1.11. The summed E-state index contributed by atoms with van der Waals surface area (Å²) in [5.41, 5.74) is -0.0940. The number of benzene rings is 1. The molecule has 0 aliphatic rings. The topological polar surface area (TPSA) is 63.1 Å². The fraction of sp³-hybridized carbons (Fsp3) is 0. The molecule has 2 aromatic rings. The number of aromatic carboxylic acids is 1. The summed E-state index contributed by atoms with van der Waals surface area (Å²) in [6.07, 6.45) is 0. The van der Waals surface area contributed by atoms with Gasteiger partial charge in [-0.15, -0.1) is 10.2 Å². The predicted molar refractivity (Wildman–Crippen MR) is 69.6 cm³/mol. The summed E-state index contributed by atoms with van der Waals surface area (Å²) < 4.78 is 0. The van der Waals surface area contributed by atoms with E-state index in [1.165, 1.54) is 17.8 Å². The lowest BCUT2D eigenvalue weighted by Gasteiger charge is -2.02. The Bertz CT molecular complexity index is 570. The Balaban J connectivity index is 2.20. The molecule has 0 unspecified atom stereocenters. The smallest absolute Gasteiger partial charge is 0.356 e. The van der Waals surface area contributed by atoms with Crippen molar-refractivity contribution < 1.29 is 9.90 Å². The van der Waals surface area contributed by atoms with E-state index >= 15 is 0 Å².